The van der Waals surface area contributed by atoms with E-state index in [1.807, 2.05) is 30.3 Å². The number of unbranched alkanes of at least 4 members (excludes halogenated alkanes) is 16. The molecular formula is C83H107N4Rh. The van der Waals surface area contributed by atoms with Crippen molar-refractivity contribution in [1.82, 2.24) is 19.9 Å². The first kappa shape index (κ1) is 68.1. The number of rotatable bonds is 32. The van der Waals surface area contributed by atoms with Crippen molar-refractivity contribution in [3.63, 3.8) is 0 Å². The van der Waals surface area contributed by atoms with Crippen LogP contribution >= 0.6 is 0 Å². The maximum Gasteiger partial charge on any atom is 3.00 e. The molecule has 5 heterocycles. The molecule has 8 aromatic rings. The minimum absolute atomic E-state index is 0. The summed E-state index contributed by atoms with van der Waals surface area (Å²) >= 11 is 0. The van der Waals surface area contributed by atoms with Crippen molar-refractivity contribution < 1.29 is 19.5 Å². The van der Waals surface area contributed by atoms with E-state index in [1.54, 1.807) is 0 Å². The van der Waals surface area contributed by atoms with Gasteiger partial charge in [-0.05, 0) is 193 Å². The minimum Gasteiger partial charge on any atom is -0.657 e. The third-order valence-corrected chi connectivity index (χ3v) is 18.9. The summed E-state index contributed by atoms with van der Waals surface area (Å²) in [6.07, 6.45) is 37.1. The number of hydrogen-bond donors (Lipinski definition) is 0. The van der Waals surface area contributed by atoms with Crippen LogP contribution in [-0.2, 0) is 70.8 Å². The summed E-state index contributed by atoms with van der Waals surface area (Å²) in [5.41, 5.74) is 26.4. The average molecular weight is 1260 g/mol. The van der Waals surface area contributed by atoms with Gasteiger partial charge in [0.05, 0.1) is 22.8 Å². The molecule has 468 valence electrons. The second kappa shape index (κ2) is 35.0. The molecule has 0 fully saturated rings. The summed E-state index contributed by atoms with van der Waals surface area (Å²) in [5, 5.41) is 5.35. The van der Waals surface area contributed by atoms with Crippen LogP contribution in [0, 0.1) is 6.92 Å². The third-order valence-electron chi connectivity index (χ3n) is 18.9. The van der Waals surface area contributed by atoms with E-state index in [1.165, 1.54) is 242 Å². The number of fused-ring (bicyclic) bond motifs is 20. The number of aryl methyl sites for hydroxylation is 8. The fraction of sp³-hybridized carbons (Fsp3) is 0.482. The molecule has 0 saturated heterocycles. The van der Waals surface area contributed by atoms with Crippen LogP contribution in [0.5, 0.6) is 0 Å². The van der Waals surface area contributed by atoms with Crippen LogP contribution in [0.25, 0.3) is 88.6 Å². The Balaban J connectivity index is 0.00000117. The molecule has 0 spiro atoms. The molecule has 0 radical (unpaired) electrons. The van der Waals surface area contributed by atoms with Gasteiger partial charge in [-0.25, -0.2) is 9.97 Å². The van der Waals surface area contributed by atoms with E-state index >= 15 is 0 Å². The van der Waals surface area contributed by atoms with Gasteiger partial charge in [0.2, 0.25) is 0 Å². The molecular weight excluding hydrogens is 1160 g/mol. The molecule has 5 heteroatoms. The molecule has 8 bridgehead atoms. The van der Waals surface area contributed by atoms with E-state index in [-0.39, 0.29) is 19.5 Å². The van der Waals surface area contributed by atoms with Gasteiger partial charge in [0.15, 0.2) is 0 Å². The van der Waals surface area contributed by atoms with Gasteiger partial charge in [0, 0.05) is 22.3 Å². The Morgan fingerprint density at radius 1 is 0.273 bits per heavy atom. The van der Waals surface area contributed by atoms with E-state index < -0.39 is 0 Å². The Bertz CT molecular complexity index is 3240. The Hall–Kier alpha value is -5.77. The molecule has 88 heavy (non-hydrogen) atoms. The third kappa shape index (κ3) is 16.6. The summed E-state index contributed by atoms with van der Waals surface area (Å²) in [5.74, 6) is 0. The first-order valence-corrected chi connectivity index (χ1v) is 35.5. The standard InChI is InChI=1S/C76H100N4.C7H7.Rh/c1-9-17-25-33-53-41-42-54(34-26-18-10-2)70-62-50-64-72-56(36-28-20-12-4)45-46-58(38-30-22-14-6)74(72)66(79-64)52-68-76-60(40-32-24-16-8)48-47-59(39-31-23-15-7)75(76)67(80-68)51-65-73-57(37-29-21-13-5)44-43-55(35-27-19-11-3)71(73)63(78-65)49-61(77-62)69(53)70;1-7-5-3-2-4-6-7;/h41-52H,9-40H2,1-8H3;2-6H,1H2;/q-2;-1;+3. The smallest absolute Gasteiger partial charge is 0.657 e. The van der Waals surface area contributed by atoms with Crippen molar-refractivity contribution in [2.75, 3.05) is 0 Å². The Kier molecular flexibility index (Phi) is 27.1. The number of benzene rings is 5. The van der Waals surface area contributed by atoms with Gasteiger partial charge in [0.1, 0.15) is 0 Å². The summed E-state index contributed by atoms with van der Waals surface area (Å²) in [7, 11) is 0. The molecule has 0 aliphatic carbocycles. The largest absolute Gasteiger partial charge is 3.00 e. The van der Waals surface area contributed by atoms with Crippen LogP contribution in [0.1, 0.15) is 260 Å². The van der Waals surface area contributed by atoms with Crippen LogP contribution in [0.4, 0.5) is 0 Å². The maximum absolute atomic E-state index is 5.98. The van der Waals surface area contributed by atoms with Gasteiger partial charge in [-0.15, -0.1) is 34.2 Å². The quantitative estimate of drug-likeness (QED) is 0.0240. The van der Waals surface area contributed by atoms with Crippen LogP contribution < -0.4 is 9.97 Å². The Morgan fingerprint density at radius 3 is 0.670 bits per heavy atom. The van der Waals surface area contributed by atoms with Gasteiger partial charge in [-0.3, -0.25) is 0 Å². The first-order chi connectivity index (χ1) is 42.8. The number of aromatic nitrogens is 4. The predicted molar refractivity (Wildman–Crippen MR) is 380 cm³/mol. The van der Waals surface area contributed by atoms with Crippen LogP contribution in [0.2, 0.25) is 0 Å². The second-order valence-corrected chi connectivity index (χ2v) is 25.8. The van der Waals surface area contributed by atoms with Crippen molar-refractivity contribution in [2.24, 2.45) is 0 Å². The van der Waals surface area contributed by atoms with Gasteiger partial charge in [0.25, 0.3) is 0 Å². The van der Waals surface area contributed by atoms with E-state index in [9.17, 15) is 0 Å². The molecule has 0 saturated carbocycles. The minimum atomic E-state index is 0. The normalized spacial score (nSPS) is 11.7. The number of nitrogens with zero attached hydrogens (tertiary/aromatic N) is 4. The molecule has 10 rings (SSSR count). The van der Waals surface area contributed by atoms with Crippen molar-refractivity contribution in [1.29, 1.82) is 0 Å². The summed E-state index contributed by atoms with van der Waals surface area (Å²) in [6, 6.07) is 39.5. The summed E-state index contributed by atoms with van der Waals surface area (Å²) in [6.45, 7) is 22.4. The maximum atomic E-state index is 5.98. The van der Waals surface area contributed by atoms with E-state index in [0.717, 1.165) is 102 Å². The van der Waals surface area contributed by atoms with Crippen molar-refractivity contribution in [3.05, 3.63) is 160 Å². The van der Waals surface area contributed by atoms with Crippen LogP contribution in [-0.4, -0.2) is 9.97 Å². The van der Waals surface area contributed by atoms with Crippen molar-refractivity contribution in [3.8, 4) is 45.0 Å². The van der Waals surface area contributed by atoms with Gasteiger partial charge in [-0.2, -0.15) is 24.6 Å². The SMILES string of the molecule is CCCCCc1ccc(CCCCC)c2c1-c1cc3[n-]c(cc4nc(cc5[n-]c(cc-2n1)c1c(CCCCC)ccc(CCCCC)c51)-c1c(CCCCC)ccc(CCCCC)c1-4)c1c(CCCCC)ccc(CCCCC)c31.[CH2-]c1ccccc1.[Rh+3]. The molecule has 2 aliphatic rings. The van der Waals surface area contributed by atoms with E-state index in [2.05, 4.69) is 135 Å². The predicted octanol–water partition coefficient (Wildman–Crippen LogP) is 24.3. The molecule has 0 amide bonds. The molecule has 3 aromatic heterocycles. The number of hydrogen-bond acceptors (Lipinski definition) is 2. The fourth-order valence-electron chi connectivity index (χ4n) is 14.1. The first-order valence-electron chi connectivity index (χ1n) is 35.5. The zero-order valence-corrected chi connectivity index (χ0v) is 57.4. The van der Waals surface area contributed by atoms with Crippen LogP contribution in [0.15, 0.2) is 103 Å². The van der Waals surface area contributed by atoms with Crippen molar-refractivity contribution in [2.45, 2.75) is 261 Å². The van der Waals surface area contributed by atoms with E-state index in [0.29, 0.717) is 0 Å². The molecule has 4 nitrogen and oxygen atoms in total. The van der Waals surface area contributed by atoms with Gasteiger partial charge < -0.3 is 9.97 Å². The van der Waals surface area contributed by atoms with Crippen molar-refractivity contribution >= 4 is 43.6 Å². The zero-order chi connectivity index (χ0) is 60.9. The zero-order valence-electron chi connectivity index (χ0n) is 55.8. The summed E-state index contributed by atoms with van der Waals surface area (Å²) in [4.78, 5) is 23.9. The fourth-order valence-corrected chi connectivity index (χ4v) is 14.1. The molecule has 2 aliphatic heterocycles. The Labute approximate surface area is 545 Å². The average Bonchev–Trinajstić information content (AvgIpc) is 1.80. The molecule has 5 aromatic carbocycles. The Morgan fingerprint density at radius 2 is 0.477 bits per heavy atom. The monoisotopic (exact) mass is 1260 g/mol. The molecule has 0 unspecified atom stereocenters. The van der Waals surface area contributed by atoms with Crippen LogP contribution in [0.3, 0.4) is 0 Å². The topological polar surface area (TPSA) is 54.0 Å². The van der Waals surface area contributed by atoms with Gasteiger partial charge in [-0.1, -0.05) is 213 Å². The second-order valence-electron chi connectivity index (χ2n) is 25.8. The van der Waals surface area contributed by atoms with E-state index in [4.69, 9.17) is 19.9 Å². The van der Waals surface area contributed by atoms with Gasteiger partial charge >= 0.3 is 19.5 Å². The summed E-state index contributed by atoms with van der Waals surface area (Å²) < 4.78 is 0. The molecule has 0 N–H and O–H groups in total. The molecule has 0 atom stereocenters.